The normalized spacial score (nSPS) is 10.6. The summed E-state index contributed by atoms with van der Waals surface area (Å²) in [5, 5.41) is 6.13. The van der Waals surface area contributed by atoms with Crippen LogP contribution in [-0.4, -0.2) is 12.5 Å². The van der Waals surface area contributed by atoms with Gasteiger partial charge in [0.05, 0.1) is 6.54 Å². The molecule has 0 aromatic heterocycles. The van der Waals surface area contributed by atoms with E-state index in [0.29, 0.717) is 5.92 Å². The molecule has 0 fully saturated rings. The Balaban J connectivity index is 1.97. The number of para-hydroxylation sites is 1. The van der Waals surface area contributed by atoms with Crippen molar-refractivity contribution in [2.24, 2.45) is 0 Å². The maximum Gasteiger partial charge on any atom is 0.243 e. The monoisotopic (exact) mass is 360 g/mol. The van der Waals surface area contributed by atoms with E-state index in [2.05, 4.69) is 46.5 Å². The number of carbonyl (C=O) groups is 1. The lowest BCUT2D eigenvalue weighted by Crippen LogP contribution is -2.22. The fraction of sp³-hybridized carbons (Fsp3) is 0.278. The summed E-state index contributed by atoms with van der Waals surface area (Å²) >= 11 is 3.45. The van der Waals surface area contributed by atoms with E-state index in [-0.39, 0.29) is 12.5 Å². The third kappa shape index (κ3) is 4.34. The van der Waals surface area contributed by atoms with Crippen molar-refractivity contribution in [3.05, 3.63) is 58.1 Å². The lowest BCUT2D eigenvalue weighted by molar-refractivity contribution is -0.114. The second kappa shape index (κ2) is 7.45. The Bertz CT molecular complexity index is 668. The molecule has 0 aliphatic heterocycles. The lowest BCUT2D eigenvalue weighted by atomic mass is 10.0. The van der Waals surface area contributed by atoms with Gasteiger partial charge < -0.3 is 10.6 Å². The number of hydrogen-bond donors (Lipinski definition) is 2. The first-order valence-electron chi connectivity index (χ1n) is 7.36. The minimum absolute atomic E-state index is 0.0553. The number of halogens is 1. The van der Waals surface area contributed by atoms with Crippen molar-refractivity contribution in [2.45, 2.75) is 26.7 Å². The van der Waals surface area contributed by atoms with E-state index in [0.717, 1.165) is 21.4 Å². The van der Waals surface area contributed by atoms with Gasteiger partial charge in [0.2, 0.25) is 5.91 Å². The van der Waals surface area contributed by atoms with E-state index in [4.69, 9.17) is 0 Å². The molecule has 0 aliphatic rings. The number of carbonyl (C=O) groups excluding carboxylic acids is 1. The SMILES string of the molecule is Cc1cc(NC(=O)CNc2ccccc2C(C)C)ccc1Br. The van der Waals surface area contributed by atoms with E-state index in [1.54, 1.807) is 0 Å². The number of hydrogen-bond acceptors (Lipinski definition) is 2. The first-order valence-corrected chi connectivity index (χ1v) is 8.15. The summed E-state index contributed by atoms with van der Waals surface area (Å²) in [6.07, 6.45) is 0. The summed E-state index contributed by atoms with van der Waals surface area (Å²) in [6, 6.07) is 13.9. The number of rotatable bonds is 5. The third-order valence-corrected chi connectivity index (χ3v) is 4.35. The number of benzene rings is 2. The van der Waals surface area contributed by atoms with Crippen LogP contribution in [0.25, 0.3) is 0 Å². The molecule has 0 saturated carbocycles. The van der Waals surface area contributed by atoms with Crippen molar-refractivity contribution >= 4 is 33.2 Å². The maximum absolute atomic E-state index is 12.1. The van der Waals surface area contributed by atoms with E-state index < -0.39 is 0 Å². The van der Waals surface area contributed by atoms with Crippen molar-refractivity contribution in [3.63, 3.8) is 0 Å². The Kier molecular flexibility index (Phi) is 5.61. The zero-order valence-corrected chi connectivity index (χ0v) is 14.7. The first kappa shape index (κ1) is 16.6. The molecule has 116 valence electrons. The Morgan fingerprint density at radius 3 is 2.59 bits per heavy atom. The molecule has 0 radical (unpaired) electrons. The average Bonchev–Trinajstić information content (AvgIpc) is 2.49. The molecular formula is C18H21BrN2O. The fourth-order valence-corrected chi connectivity index (χ4v) is 2.51. The molecule has 0 heterocycles. The van der Waals surface area contributed by atoms with Crippen LogP contribution in [0.5, 0.6) is 0 Å². The summed E-state index contributed by atoms with van der Waals surface area (Å²) in [5.74, 6) is 0.362. The molecule has 2 N–H and O–H groups in total. The molecule has 1 amide bonds. The van der Waals surface area contributed by atoms with Crippen molar-refractivity contribution in [3.8, 4) is 0 Å². The minimum Gasteiger partial charge on any atom is -0.376 e. The molecule has 0 aliphatic carbocycles. The van der Waals surface area contributed by atoms with Crippen LogP contribution >= 0.6 is 15.9 Å². The van der Waals surface area contributed by atoms with Gasteiger partial charge in [0.15, 0.2) is 0 Å². The number of nitrogens with one attached hydrogen (secondary N) is 2. The summed E-state index contributed by atoms with van der Waals surface area (Å²) in [5.41, 5.74) is 4.13. The predicted molar refractivity (Wildman–Crippen MR) is 96.5 cm³/mol. The van der Waals surface area contributed by atoms with Gasteiger partial charge in [-0.3, -0.25) is 4.79 Å². The molecule has 0 saturated heterocycles. The highest BCUT2D eigenvalue weighted by molar-refractivity contribution is 9.10. The summed E-state index contributed by atoms with van der Waals surface area (Å²) in [6.45, 7) is 6.53. The van der Waals surface area contributed by atoms with Crippen LogP contribution in [0.2, 0.25) is 0 Å². The number of anilines is 2. The summed E-state index contributed by atoms with van der Waals surface area (Å²) < 4.78 is 1.04. The minimum atomic E-state index is -0.0553. The van der Waals surface area contributed by atoms with Gasteiger partial charge in [-0.15, -0.1) is 0 Å². The van der Waals surface area contributed by atoms with E-state index in [9.17, 15) is 4.79 Å². The van der Waals surface area contributed by atoms with Crippen LogP contribution in [0.1, 0.15) is 30.9 Å². The molecule has 2 rings (SSSR count). The fourth-order valence-electron chi connectivity index (χ4n) is 2.26. The second-order valence-corrected chi connectivity index (χ2v) is 6.46. The maximum atomic E-state index is 12.1. The Morgan fingerprint density at radius 1 is 1.18 bits per heavy atom. The predicted octanol–water partition coefficient (Wildman–Crippen LogP) is 4.93. The lowest BCUT2D eigenvalue weighted by Gasteiger charge is -2.14. The Hall–Kier alpha value is -1.81. The number of aryl methyl sites for hydroxylation is 1. The highest BCUT2D eigenvalue weighted by Crippen LogP contribution is 2.23. The average molecular weight is 361 g/mol. The standard InChI is InChI=1S/C18H21BrN2O/c1-12(2)15-6-4-5-7-17(15)20-11-18(22)21-14-8-9-16(19)13(3)10-14/h4-10,12,20H,11H2,1-3H3,(H,21,22). The van der Waals surface area contributed by atoms with Gasteiger partial charge >= 0.3 is 0 Å². The van der Waals surface area contributed by atoms with Crippen LogP contribution in [0.3, 0.4) is 0 Å². The van der Waals surface area contributed by atoms with Crippen molar-refractivity contribution < 1.29 is 4.79 Å². The van der Waals surface area contributed by atoms with Crippen LogP contribution in [0.15, 0.2) is 46.9 Å². The van der Waals surface area contributed by atoms with Crippen LogP contribution in [0.4, 0.5) is 11.4 Å². The molecule has 0 bridgehead atoms. The highest BCUT2D eigenvalue weighted by Gasteiger charge is 2.08. The summed E-state index contributed by atoms with van der Waals surface area (Å²) in [4.78, 5) is 12.1. The molecule has 22 heavy (non-hydrogen) atoms. The molecule has 0 unspecified atom stereocenters. The van der Waals surface area contributed by atoms with Gasteiger partial charge in [-0.05, 0) is 48.2 Å². The largest absolute Gasteiger partial charge is 0.376 e. The van der Waals surface area contributed by atoms with E-state index in [1.165, 1.54) is 5.56 Å². The van der Waals surface area contributed by atoms with Gasteiger partial charge in [-0.25, -0.2) is 0 Å². The van der Waals surface area contributed by atoms with E-state index >= 15 is 0 Å². The van der Waals surface area contributed by atoms with Crippen molar-refractivity contribution in [1.82, 2.24) is 0 Å². The van der Waals surface area contributed by atoms with E-state index in [1.807, 2.05) is 43.3 Å². The zero-order chi connectivity index (χ0) is 16.1. The van der Waals surface area contributed by atoms with Crippen LogP contribution in [0, 0.1) is 6.92 Å². The van der Waals surface area contributed by atoms with Crippen molar-refractivity contribution in [2.75, 3.05) is 17.2 Å². The molecule has 4 heteroatoms. The third-order valence-electron chi connectivity index (χ3n) is 3.46. The Morgan fingerprint density at radius 2 is 1.91 bits per heavy atom. The quantitative estimate of drug-likeness (QED) is 0.793. The molecular weight excluding hydrogens is 340 g/mol. The molecule has 0 spiro atoms. The van der Waals surface area contributed by atoms with Crippen LogP contribution in [-0.2, 0) is 4.79 Å². The van der Waals surface area contributed by atoms with Gasteiger partial charge in [0.25, 0.3) is 0 Å². The zero-order valence-electron chi connectivity index (χ0n) is 13.1. The number of amides is 1. The van der Waals surface area contributed by atoms with Gasteiger partial charge in [-0.1, -0.05) is 48.0 Å². The highest BCUT2D eigenvalue weighted by atomic mass is 79.9. The smallest absolute Gasteiger partial charge is 0.243 e. The van der Waals surface area contributed by atoms with Gasteiger partial charge in [-0.2, -0.15) is 0 Å². The summed E-state index contributed by atoms with van der Waals surface area (Å²) in [7, 11) is 0. The van der Waals surface area contributed by atoms with Gasteiger partial charge in [0, 0.05) is 15.8 Å². The van der Waals surface area contributed by atoms with Crippen molar-refractivity contribution in [1.29, 1.82) is 0 Å². The topological polar surface area (TPSA) is 41.1 Å². The molecule has 2 aromatic rings. The molecule has 0 atom stereocenters. The first-order chi connectivity index (χ1) is 10.5. The molecule has 3 nitrogen and oxygen atoms in total. The van der Waals surface area contributed by atoms with Gasteiger partial charge in [0.1, 0.15) is 0 Å². The molecule has 2 aromatic carbocycles. The Labute approximate surface area is 140 Å². The van der Waals surface area contributed by atoms with Crippen LogP contribution < -0.4 is 10.6 Å². The second-order valence-electron chi connectivity index (χ2n) is 5.61.